The lowest BCUT2D eigenvalue weighted by Crippen LogP contribution is -2.20. The Bertz CT molecular complexity index is 989. The van der Waals surface area contributed by atoms with Crippen LogP contribution in [0.2, 0.25) is 5.02 Å². The monoisotopic (exact) mass is 539 g/mol. The molecule has 0 heterocycles. The fourth-order valence-corrected chi connectivity index (χ4v) is 3.29. The van der Waals surface area contributed by atoms with Crippen molar-refractivity contribution in [2.75, 3.05) is 19.0 Å². The van der Waals surface area contributed by atoms with Crippen LogP contribution in [0.5, 0.6) is 11.5 Å². The Labute approximate surface area is 193 Å². The first kappa shape index (κ1) is 23.5. The van der Waals surface area contributed by atoms with E-state index in [-0.39, 0.29) is 31.3 Å². The maximum absolute atomic E-state index is 11.9. The molecule has 0 fully saturated rings. The van der Waals surface area contributed by atoms with E-state index in [0.717, 1.165) is 3.57 Å². The molecule has 156 valence electrons. The summed E-state index contributed by atoms with van der Waals surface area (Å²) in [6.07, 6.45) is 6.70. The summed E-state index contributed by atoms with van der Waals surface area (Å²) in [6, 6.07) is 10.3. The van der Waals surface area contributed by atoms with Gasteiger partial charge in [0.1, 0.15) is 6.61 Å². The lowest BCUT2D eigenvalue weighted by molar-refractivity contribution is -0.124. The van der Waals surface area contributed by atoms with Gasteiger partial charge in [0.2, 0.25) is 11.8 Å². The molecule has 2 N–H and O–H groups in total. The lowest BCUT2D eigenvalue weighted by Gasteiger charge is -2.11. The minimum atomic E-state index is -0.386. The normalized spacial score (nSPS) is 10.3. The minimum absolute atomic E-state index is 0.0105. The Morgan fingerprint density at radius 1 is 1.27 bits per heavy atom. The number of benzene rings is 2. The number of halogens is 2. The number of hydrogen-bond acceptors (Lipinski definition) is 5. The molecular formula is C21H19ClIN3O4. The summed E-state index contributed by atoms with van der Waals surface area (Å²) < 4.78 is 11.6. The van der Waals surface area contributed by atoms with Crippen molar-refractivity contribution in [3.63, 3.8) is 0 Å². The third-order valence-corrected chi connectivity index (χ3v) is 4.68. The van der Waals surface area contributed by atoms with Gasteiger partial charge in [-0.25, -0.2) is 5.43 Å². The number of methoxy groups -OCH3 is 1. The smallest absolute Gasteiger partial charge is 0.240 e. The summed E-state index contributed by atoms with van der Waals surface area (Å²) in [4.78, 5) is 23.8. The van der Waals surface area contributed by atoms with Crippen molar-refractivity contribution in [3.8, 4) is 23.8 Å². The van der Waals surface area contributed by atoms with Crippen molar-refractivity contribution in [1.29, 1.82) is 0 Å². The van der Waals surface area contributed by atoms with Gasteiger partial charge in [0.05, 0.1) is 16.9 Å². The Morgan fingerprint density at radius 3 is 2.73 bits per heavy atom. The van der Waals surface area contributed by atoms with Crippen molar-refractivity contribution in [2.45, 2.75) is 12.8 Å². The van der Waals surface area contributed by atoms with Crippen LogP contribution in [0, 0.1) is 15.9 Å². The second-order valence-corrected chi connectivity index (χ2v) is 7.48. The van der Waals surface area contributed by atoms with Crippen LogP contribution < -0.4 is 20.2 Å². The molecule has 9 heteroatoms. The highest BCUT2D eigenvalue weighted by molar-refractivity contribution is 14.1. The van der Waals surface area contributed by atoms with Gasteiger partial charge in [-0.2, -0.15) is 5.10 Å². The van der Waals surface area contributed by atoms with Gasteiger partial charge >= 0.3 is 0 Å². The van der Waals surface area contributed by atoms with Gasteiger partial charge in [-0.15, -0.1) is 6.42 Å². The summed E-state index contributed by atoms with van der Waals surface area (Å²) in [5.41, 5.74) is 3.66. The van der Waals surface area contributed by atoms with Crippen molar-refractivity contribution < 1.29 is 19.1 Å². The van der Waals surface area contributed by atoms with Crippen molar-refractivity contribution in [1.82, 2.24) is 5.43 Å². The first-order chi connectivity index (χ1) is 14.4. The van der Waals surface area contributed by atoms with Gasteiger partial charge in [0, 0.05) is 23.6 Å². The molecule has 2 aromatic carbocycles. The number of nitrogens with one attached hydrogen (secondary N) is 2. The molecule has 0 spiro atoms. The standard InChI is InChI=1S/C21H19ClIN3O4/c1-3-9-30-21-17(23)10-14(11-18(21)29-2)13-24-26-20(28)8-7-19(27)25-16-6-4-5-15(22)12-16/h1,4-6,10-13H,7-9H2,2H3,(H,25,27)(H,26,28). The van der Waals surface area contributed by atoms with Crippen LogP contribution in [0.4, 0.5) is 5.69 Å². The average molecular weight is 540 g/mol. The van der Waals surface area contributed by atoms with E-state index in [4.69, 9.17) is 27.5 Å². The summed E-state index contributed by atoms with van der Waals surface area (Å²) in [5.74, 6) is 2.77. The molecular weight excluding hydrogens is 521 g/mol. The van der Waals surface area contributed by atoms with Crippen LogP contribution in [-0.4, -0.2) is 31.7 Å². The van der Waals surface area contributed by atoms with Crippen LogP contribution in [-0.2, 0) is 9.59 Å². The van der Waals surface area contributed by atoms with Crippen molar-refractivity contribution in [3.05, 3.63) is 50.6 Å². The van der Waals surface area contributed by atoms with Crippen LogP contribution in [0.3, 0.4) is 0 Å². The summed E-state index contributed by atoms with van der Waals surface area (Å²) in [6.45, 7) is 0.126. The zero-order chi connectivity index (χ0) is 21.9. The van der Waals surface area contributed by atoms with Gasteiger partial charge in [-0.05, 0) is 58.5 Å². The molecule has 0 saturated carbocycles. The Balaban J connectivity index is 1.86. The molecule has 0 radical (unpaired) electrons. The summed E-state index contributed by atoms with van der Waals surface area (Å²) >= 11 is 7.96. The summed E-state index contributed by atoms with van der Waals surface area (Å²) in [5, 5.41) is 7.11. The van der Waals surface area contributed by atoms with Crippen molar-refractivity contribution >= 4 is 57.9 Å². The molecule has 0 aliphatic carbocycles. The quantitative estimate of drug-likeness (QED) is 0.219. The van der Waals surface area contributed by atoms with E-state index in [9.17, 15) is 9.59 Å². The van der Waals surface area contributed by atoms with Crippen LogP contribution in [0.15, 0.2) is 41.5 Å². The number of nitrogens with zero attached hydrogens (tertiary/aromatic N) is 1. The molecule has 2 amide bonds. The molecule has 30 heavy (non-hydrogen) atoms. The maximum Gasteiger partial charge on any atom is 0.240 e. The van der Waals surface area contributed by atoms with E-state index >= 15 is 0 Å². The lowest BCUT2D eigenvalue weighted by atomic mass is 10.2. The Kier molecular flexibility index (Phi) is 9.44. The van der Waals surface area contributed by atoms with E-state index < -0.39 is 0 Å². The second-order valence-electron chi connectivity index (χ2n) is 5.88. The molecule has 0 unspecified atom stereocenters. The fraction of sp³-hybridized carbons (Fsp3) is 0.190. The molecule has 0 saturated heterocycles. The fourth-order valence-electron chi connectivity index (χ4n) is 2.32. The van der Waals surface area contributed by atoms with Crippen LogP contribution in [0.1, 0.15) is 18.4 Å². The van der Waals surface area contributed by atoms with E-state index in [1.165, 1.54) is 13.3 Å². The average Bonchev–Trinajstić information content (AvgIpc) is 2.71. The van der Waals surface area contributed by atoms with Gasteiger partial charge < -0.3 is 14.8 Å². The number of carbonyl (C=O) groups excluding carboxylic acids is 2. The first-order valence-corrected chi connectivity index (χ1v) is 10.2. The number of anilines is 1. The Hall–Kier alpha value is -2.77. The largest absolute Gasteiger partial charge is 0.493 e. The highest BCUT2D eigenvalue weighted by Crippen LogP contribution is 2.33. The van der Waals surface area contributed by atoms with Gasteiger partial charge in [0.15, 0.2) is 11.5 Å². The highest BCUT2D eigenvalue weighted by Gasteiger charge is 2.11. The molecule has 0 aliphatic rings. The number of hydrazone groups is 1. The third kappa shape index (κ3) is 7.57. The summed E-state index contributed by atoms with van der Waals surface area (Å²) in [7, 11) is 1.52. The first-order valence-electron chi connectivity index (χ1n) is 8.74. The number of carbonyl (C=O) groups is 2. The zero-order valence-electron chi connectivity index (χ0n) is 16.1. The number of amides is 2. The number of rotatable bonds is 9. The molecule has 2 aromatic rings. The molecule has 7 nitrogen and oxygen atoms in total. The van der Waals surface area contributed by atoms with Gasteiger partial charge in [0.25, 0.3) is 0 Å². The molecule has 0 aromatic heterocycles. The second kappa shape index (κ2) is 12.0. The van der Waals surface area contributed by atoms with E-state index in [1.807, 2.05) is 6.07 Å². The molecule has 0 bridgehead atoms. The van der Waals surface area contributed by atoms with Crippen LogP contribution in [0.25, 0.3) is 0 Å². The topological polar surface area (TPSA) is 89.0 Å². The SMILES string of the molecule is C#CCOc1c(I)cc(C=NNC(=O)CCC(=O)Nc2cccc(Cl)c2)cc1OC. The number of hydrogen-bond donors (Lipinski definition) is 2. The van der Waals surface area contributed by atoms with Crippen LogP contribution >= 0.6 is 34.2 Å². The van der Waals surface area contributed by atoms with E-state index in [2.05, 4.69) is 44.4 Å². The highest BCUT2D eigenvalue weighted by atomic mass is 127. The number of terminal acetylenes is 1. The number of ether oxygens (including phenoxy) is 2. The predicted molar refractivity (Wildman–Crippen MR) is 125 cm³/mol. The minimum Gasteiger partial charge on any atom is -0.493 e. The van der Waals surface area contributed by atoms with Gasteiger partial charge in [-0.1, -0.05) is 23.6 Å². The van der Waals surface area contributed by atoms with E-state index in [0.29, 0.717) is 27.8 Å². The van der Waals surface area contributed by atoms with E-state index in [1.54, 1.807) is 30.3 Å². The molecule has 0 atom stereocenters. The van der Waals surface area contributed by atoms with Crippen molar-refractivity contribution in [2.24, 2.45) is 5.10 Å². The molecule has 2 rings (SSSR count). The molecule has 0 aliphatic heterocycles. The predicted octanol–water partition coefficient (Wildman–Crippen LogP) is 3.83. The Morgan fingerprint density at radius 2 is 2.03 bits per heavy atom. The third-order valence-electron chi connectivity index (χ3n) is 3.64. The van der Waals surface area contributed by atoms with Gasteiger partial charge in [-0.3, -0.25) is 9.59 Å². The zero-order valence-corrected chi connectivity index (χ0v) is 19.0. The maximum atomic E-state index is 11.9.